The second-order valence-corrected chi connectivity index (χ2v) is 3.37. The molecule has 0 radical (unpaired) electrons. The second-order valence-electron chi connectivity index (χ2n) is 3.37. The predicted octanol–water partition coefficient (Wildman–Crippen LogP) is 1.48. The molecular formula is C12H11N3O2. The van der Waals surface area contributed by atoms with Crippen molar-refractivity contribution < 1.29 is 9.90 Å². The van der Waals surface area contributed by atoms with Crippen LogP contribution in [0.2, 0.25) is 0 Å². The molecule has 0 fully saturated rings. The van der Waals surface area contributed by atoms with E-state index in [-0.39, 0.29) is 11.7 Å². The maximum Gasteiger partial charge on any atom is 0.271 e. The topological polar surface area (TPSA) is 77.5 Å². The first-order chi connectivity index (χ1) is 8.25. The van der Waals surface area contributed by atoms with Crippen LogP contribution in [0, 0.1) is 0 Å². The normalized spacial score (nSPS) is 10.6. The van der Waals surface area contributed by atoms with Crippen molar-refractivity contribution in [3.05, 3.63) is 53.9 Å². The summed E-state index contributed by atoms with van der Waals surface area (Å²) in [5, 5.41) is 13.0. The van der Waals surface area contributed by atoms with Crippen LogP contribution < -0.4 is 5.43 Å². The molecule has 5 heteroatoms. The van der Waals surface area contributed by atoms with E-state index in [0.29, 0.717) is 5.56 Å². The molecule has 1 heterocycles. The van der Waals surface area contributed by atoms with Gasteiger partial charge in [0.25, 0.3) is 5.91 Å². The Morgan fingerprint density at radius 3 is 2.94 bits per heavy atom. The largest absolute Gasteiger partial charge is 0.508 e. The Morgan fingerprint density at radius 2 is 2.24 bits per heavy atom. The SMILES string of the molecule is O=C(NN=Cc1ccc[nH]1)c1cccc(O)c1. The van der Waals surface area contributed by atoms with E-state index in [4.69, 9.17) is 0 Å². The number of carbonyl (C=O) groups excluding carboxylic acids is 1. The van der Waals surface area contributed by atoms with E-state index in [1.807, 2.05) is 12.1 Å². The highest BCUT2D eigenvalue weighted by molar-refractivity contribution is 5.95. The minimum absolute atomic E-state index is 0.0472. The number of aromatic hydroxyl groups is 1. The van der Waals surface area contributed by atoms with E-state index in [0.717, 1.165) is 5.69 Å². The van der Waals surface area contributed by atoms with Crippen LogP contribution >= 0.6 is 0 Å². The van der Waals surface area contributed by atoms with Gasteiger partial charge in [-0.25, -0.2) is 5.43 Å². The van der Waals surface area contributed by atoms with Gasteiger partial charge in [0.2, 0.25) is 0 Å². The molecule has 86 valence electrons. The van der Waals surface area contributed by atoms with Gasteiger partial charge in [-0.1, -0.05) is 6.07 Å². The molecule has 0 saturated heterocycles. The number of aromatic amines is 1. The molecule has 5 nitrogen and oxygen atoms in total. The number of phenols is 1. The maximum absolute atomic E-state index is 11.6. The number of amides is 1. The molecule has 2 rings (SSSR count). The van der Waals surface area contributed by atoms with Gasteiger partial charge < -0.3 is 10.1 Å². The fourth-order valence-corrected chi connectivity index (χ4v) is 1.30. The molecule has 2 aromatic rings. The van der Waals surface area contributed by atoms with Crippen LogP contribution in [0.4, 0.5) is 0 Å². The number of phenolic OH excluding ortho intramolecular Hbond substituents is 1. The molecular weight excluding hydrogens is 218 g/mol. The number of hydrogen-bond donors (Lipinski definition) is 3. The Balaban J connectivity index is 1.98. The molecule has 3 N–H and O–H groups in total. The number of hydrazone groups is 1. The highest BCUT2D eigenvalue weighted by Gasteiger charge is 2.03. The molecule has 0 aliphatic rings. The summed E-state index contributed by atoms with van der Waals surface area (Å²) in [5.41, 5.74) is 3.51. The molecule has 1 aromatic carbocycles. The standard InChI is InChI=1S/C12H11N3O2/c16-11-5-1-3-9(7-11)12(17)15-14-8-10-4-2-6-13-10/h1-8,13,16H,(H,15,17). The highest BCUT2D eigenvalue weighted by Crippen LogP contribution is 2.10. The van der Waals surface area contributed by atoms with Crippen LogP contribution in [-0.2, 0) is 0 Å². The Bertz CT molecular complexity index is 532. The lowest BCUT2D eigenvalue weighted by molar-refractivity contribution is 0.0954. The van der Waals surface area contributed by atoms with Crippen LogP contribution in [0.5, 0.6) is 5.75 Å². The van der Waals surface area contributed by atoms with Crippen molar-refractivity contribution in [2.75, 3.05) is 0 Å². The Kier molecular flexibility index (Phi) is 3.20. The summed E-state index contributed by atoms with van der Waals surface area (Å²) in [6.45, 7) is 0. The van der Waals surface area contributed by atoms with E-state index < -0.39 is 0 Å². The fraction of sp³-hybridized carbons (Fsp3) is 0. The number of aromatic nitrogens is 1. The van der Waals surface area contributed by atoms with E-state index in [2.05, 4.69) is 15.5 Å². The maximum atomic E-state index is 11.6. The lowest BCUT2D eigenvalue weighted by Crippen LogP contribution is -2.17. The average Bonchev–Trinajstić information content (AvgIpc) is 2.82. The number of benzene rings is 1. The van der Waals surface area contributed by atoms with Gasteiger partial charge in [-0.3, -0.25) is 4.79 Å². The highest BCUT2D eigenvalue weighted by atomic mass is 16.3. The molecule has 0 spiro atoms. The zero-order valence-electron chi connectivity index (χ0n) is 8.92. The van der Waals surface area contributed by atoms with Gasteiger partial charge in [0, 0.05) is 11.8 Å². The predicted molar refractivity (Wildman–Crippen MR) is 64.0 cm³/mol. The molecule has 1 amide bonds. The third kappa shape index (κ3) is 2.94. The summed E-state index contributed by atoms with van der Waals surface area (Å²) >= 11 is 0. The van der Waals surface area contributed by atoms with Gasteiger partial charge in [-0.05, 0) is 30.3 Å². The van der Waals surface area contributed by atoms with Crippen LogP contribution in [-0.4, -0.2) is 22.2 Å². The third-order valence-corrected chi connectivity index (χ3v) is 2.10. The monoisotopic (exact) mass is 229 g/mol. The molecule has 1 aromatic heterocycles. The first-order valence-corrected chi connectivity index (χ1v) is 5.01. The van der Waals surface area contributed by atoms with Crippen LogP contribution in [0.3, 0.4) is 0 Å². The van der Waals surface area contributed by atoms with Crippen LogP contribution in [0.1, 0.15) is 16.1 Å². The zero-order valence-corrected chi connectivity index (χ0v) is 8.92. The minimum Gasteiger partial charge on any atom is -0.508 e. The van der Waals surface area contributed by atoms with Gasteiger partial charge in [0.15, 0.2) is 0 Å². The first kappa shape index (κ1) is 10.9. The van der Waals surface area contributed by atoms with Gasteiger partial charge in [0.05, 0.1) is 11.9 Å². The van der Waals surface area contributed by atoms with Crippen molar-refractivity contribution in [2.24, 2.45) is 5.10 Å². The molecule has 0 unspecified atom stereocenters. The Morgan fingerprint density at radius 1 is 1.35 bits per heavy atom. The molecule has 0 aliphatic heterocycles. The van der Waals surface area contributed by atoms with Gasteiger partial charge in [-0.15, -0.1) is 0 Å². The minimum atomic E-state index is -0.372. The number of H-pyrrole nitrogens is 1. The third-order valence-electron chi connectivity index (χ3n) is 2.10. The van der Waals surface area contributed by atoms with Gasteiger partial charge >= 0.3 is 0 Å². The van der Waals surface area contributed by atoms with Crippen LogP contribution in [0.25, 0.3) is 0 Å². The summed E-state index contributed by atoms with van der Waals surface area (Å²) in [7, 11) is 0. The van der Waals surface area contributed by atoms with Crippen molar-refractivity contribution in [2.45, 2.75) is 0 Å². The number of nitrogens with one attached hydrogen (secondary N) is 2. The molecule has 17 heavy (non-hydrogen) atoms. The lowest BCUT2D eigenvalue weighted by Gasteiger charge is -1.99. The van der Waals surface area contributed by atoms with Crippen LogP contribution in [0.15, 0.2) is 47.7 Å². The van der Waals surface area contributed by atoms with Crippen molar-refractivity contribution in [3.63, 3.8) is 0 Å². The Hall–Kier alpha value is -2.56. The van der Waals surface area contributed by atoms with E-state index in [1.54, 1.807) is 18.3 Å². The summed E-state index contributed by atoms with van der Waals surface area (Å²) in [6.07, 6.45) is 3.26. The van der Waals surface area contributed by atoms with E-state index >= 15 is 0 Å². The van der Waals surface area contributed by atoms with Crippen molar-refractivity contribution in [1.82, 2.24) is 10.4 Å². The van der Waals surface area contributed by atoms with Crippen molar-refractivity contribution in [1.29, 1.82) is 0 Å². The van der Waals surface area contributed by atoms with Gasteiger partial charge in [-0.2, -0.15) is 5.10 Å². The number of nitrogens with zero attached hydrogens (tertiary/aromatic N) is 1. The number of carbonyl (C=O) groups is 1. The zero-order chi connectivity index (χ0) is 12.1. The molecule has 0 bridgehead atoms. The number of hydrogen-bond acceptors (Lipinski definition) is 3. The quantitative estimate of drug-likeness (QED) is 0.550. The average molecular weight is 229 g/mol. The smallest absolute Gasteiger partial charge is 0.271 e. The molecule has 0 atom stereocenters. The molecule has 0 aliphatic carbocycles. The van der Waals surface area contributed by atoms with E-state index in [1.165, 1.54) is 18.3 Å². The summed E-state index contributed by atoms with van der Waals surface area (Å²) in [5.74, 6) is -0.324. The summed E-state index contributed by atoms with van der Waals surface area (Å²) < 4.78 is 0. The number of rotatable bonds is 3. The van der Waals surface area contributed by atoms with Gasteiger partial charge in [0.1, 0.15) is 5.75 Å². The fourth-order valence-electron chi connectivity index (χ4n) is 1.30. The summed E-state index contributed by atoms with van der Waals surface area (Å²) in [4.78, 5) is 14.5. The lowest BCUT2D eigenvalue weighted by atomic mass is 10.2. The van der Waals surface area contributed by atoms with E-state index in [9.17, 15) is 9.90 Å². The first-order valence-electron chi connectivity index (χ1n) is 5.01. The van der Waals surface area contributed by atoms with Crippen molar-refractivity contribution >= 4 is 12.1 Å². The Labute approximate surface area is 97.8 Å². The molecule has 0 saturated carbocycles. The van der Waals surface area contributed by atoms with Crippen molar-refractivity contribution in [3.8, 4) is 5.75 Å². The second kappa shape index (κ2) is 4.98. The summed E-state index contributed by atoms with van der Waals surface area (Å²) in [6, 6.07) is 9.72.